The van der Waals surface area contributed by atoms with Gasteiger partial charge in [0.05, 0.1) is 0 Å². The van der Waals surface area contributed by atoms with Gasteiger partial charge in [-0.1, -0.05) is 66.2 Å². The van der Waals surface area contributed by atoms with Gasteiger partial charge in [0.1, 0.15) is 0 Å². The van der Waals surface area contributed by atoms with Crippen LogP contribution >= 0.6 is 0 Å². The quantitative estimate of drug-likeness (QED) is 0.613. The molecule has 98 valence electrons. The summed E-state index contributed by atoms with van der Waals surface area (Å²) in [5.41, 5.74) is 5.22. The zero-order valence-electron chi connectivity index (χ0n) is 11.7. The summed E-state index contributed by atoms with van der Waals surface area (Å²) in [5, 5.41) is 3.42. The number of hydrogen-bond donors (Lipinski definition) is 1. The van der Waals surface area contributed by atoms with Gasteiger partial charge in [-0.3, -0.25) is 0 Å². The fraction of sp³-hybridized carbons (Fsp3) is 0.222. The molecule has 0 saturated heterocycles. The molecule has 2 aromatic rings. The molecule has 2 rings (SSSR count). The lowest BCUT2D eigenvalue weighted by molar-refractivity contribution is 0.757. The molecular formula is C18H21N. The molecule has 1 N–H and O–H groups in total. The van der Waals surface area contributed by atoms with Gasteiger partial charge in [-0.15, -0.1) is 0 Å². The van der Waals surface area contributed by atoms with E-state index in [4.69, 9.17) is 0 Å². The van der Waals surface area contributed by atoms with Crippen molar-refractivity contribution in [2.24, 2.45) is 0 Å². The van der Waals surface area contributed by atoms with Crippen LogP contribution in [0, 0.1) is 0 Å². The molecule has 2 aromatic carbocycles. The summed E-state index contributed by atoms with van der Waals surface area (Å²) in [7, 11) is 0. The third-order valence-corrected chi connectivity index (χ3v) is 3.04. The van der Waals surface area contributed by atoms with Crippen LogP contribution in [0.25, 0.3) is 11.1 Å². The lowest BCUT2D eigenvalue weighted by Gasteiger charge is -2.05. The molecule has 0 aromatic heterocycles. The van der Waals surface area contributed by atoms with Crippen LogP contribution in [-0.2, 0) is 6.54 Å². The Balaban J connectivity index is 1.94. The van der Waals surface area contributed by atoms with Gasteiger partial charge in [-0.25, -0.2) is 0 Å². The van der Waals surface area contributed by atoms with Crippen molar-refractivity contribution in [3.8, 4) is 11.1 Å². The lowest BCUT2D eigenvalue weighted by Crippen LogP contribution is -2.12. The van der Waals surface area contributed by atoms with Crippen LogP contribution in [-0.4, -0.2) is 6.54 Å². The van der Waals surface area contributed by atoms with Gasteiger partial charge in [0, 0.05) is 13.1 Å². The zero-order valence-corrected chi connectivity index (χ0v) is 11.7. The van der Waals surface area contributed by atoms with Crippen LogP contribution in [0.4, 0.5) is 0 Å². The van der Waals surface area contributed by atoms with Crippen LogP contribution in [0.5, 0.6) is 0 Å². The highest BCUT2D eigenvalue weighted by molar-refractivity contribution is 5.63. The van der Waals surface area contributed by atoms with Crippen molar-refractivity contribution in [1.82, 2.24) is 5.32 Å². The van der Waals surface area contributed by atoms with Crippen LogP contribution in [0.15, 0.2) is 66.2 Å². The Morgan fingerprint density at radius 3 is 2.16 bits per heavy atom. The second-order valence-electron chi connectivity index (χ2n) is 4.98. The summed E-state index contributed by atoms with van der Waals surface area (Å²) in [6.45, 7) is 6.09. The molecule has 0 bridgehead atoms. The Morgan fingerprint density at radius 1 is 0.895 bits per heavy atom. The first-order chi connectivity index (χ1) is 9.25. The van der Waals surface area contributed by atoms with Crippen molar-refractivity contribution < 1.29 is 0 Å². The SMILES string of the molecule is CC(C)=CCNCc1ccc(-c2ccccc2)cc1. The second-order valence-corrected chi connectivity index (χ2v) is 4.98. The van der Waals surface area contributed by atoms with Gasteiger partial charge in [-0.2, -0.15) is 0 Å². The summed E-state index contributed by atoms with van der Waals surface area (Å²) in [6, 6.07) is 19.2. The first-order valence-electron chi connectivity index (χ1n) is 6.74. The molecular weight excluding hydrogens is 230 g/mol. The van der Waals surface area contributed by atoms with E-state index in [9.17, 15) is 0 Å². The number of rotatable bonds is 5. The third kappa shape index (κ3) is 4.38. The highest BCUT2D eigenvalue weighted by Gasteiger charge is 1.96. The Morgan fingerprint density at radius 2 is 1.53 bits per heavy atom. The topological polar surface area (TPSA) is 12.0 Å². The summed E-state index contributed by atoms with van der Waals surface area (Å²) < 4.78 is 0. The smallest absolute Gasteiger partial charge is 0.0208 e. The number of nitrogens with one attached hydrogen (secondary N) is 1. The third-order valence-electron chi connectivity index (χ3n) is 3.04. The maximum absolute atomic E-state index is 3.42. The first-order valence-corrected chi connectivity index (χ1v) is 6.74. The van der Waals surface area contributed by atoms with E-state index in [1.807, 2.05) is 6.07 Å². The van der Waals surface area contributed by atoms with Crippen LogP contribution < -0.4 is 5.32 Å². The molecule has 19 heavy (non-hydrogen) atoms. The Labute approximate surface area is 116 Å². The molecule has 0 aliphatic carbocycles. The van der Waals surface area contributed by atoms with Crippen molar-refractivity contribution in [3.05, 3.63) is 71.8 Å². The van der Waals surface area contributed by atoms with Gasteiger partial charge < -0.3 is 5.32 Å². The Hall–Kier alpha value is -1.86. The van der Waals surface area contributed by atoms with E-state index in [0.717, 1.165) is 13.1 Å². The van der Waals surface area contributed by atoms with Gasteiger partial charge in [0.2, 0.25) is 0 Å². The van der Waals surface area contributed by atoms with E-state index < -0.39 is 0 Å². The molecule has 0 spiro atoms. The van der Waals surface area contributed by atoms with Crippen molar-refractivity contribution in [1.29, 1.82) is 0 Å². The maximum atomic E-state index is 3.42. The minimum absolute atomic E-state index is 0.916. The van der Waals surface area contributed by atoms with E-state index >= 15 is 0 Å². The van der Waals surface area contributed by atoms with E-state index in [-0.39, 0.29) is 0 Å². The highest BCUT2D eigenvalue weighted by atomic mass is 14.8. The normalized spacial score (nSPS) is 10.2. The zero-order chi connectivity index (χ0) is 13.5. The largest absolute Gasteiger partial charge is 0.309 e. The van der Waals surface area contributed by atoms with Gasteiger partial charge in [-0.05, 0) is 30.5 Å². The molecule has 0 aliphatic rings. The fourth-order valence-electron chi connectivity index (χ4n) is 1.94. The van der Waals surface area contributed by atoms with Crippen molar-refractivity contribution >= 4 is 0 Å². The molecule has 0 heterocycles. The summed E-state index contributed by atoms with van der Waals surface area (Å²) in [5.74, 6) is 0. The minimum Gasteiger partial charge on any atom is -0.309 e. The van der Waals surface area contributed by atoms with Crippen LogP contribution in [0.1, 0.15) is 19.4 Å². The number of hydrogen-bond acceptors (Lipinski definition) is 1. The molecule has 0 amide bonds. The van der Waals surface area contributed by atoms with Gasteiger partial charge in [0.15, 0.2) is 0 Å². The van der Waals surface area contributed by atoms with Crippen LogP contribution in [0.3, 0.4) is 0 Å². The molecule has 0 fully saturated rings. The monoisotopic (exact) mass is 251 g/mol. The standard InChI is InChI=1S/C18H21N/c1-15(2)12-13-19-14-16-8-10-18(11-9-16)17-6-4-3-5-7-17/h3-12,19H,13-14H2,1-2H3. The molecule has 1 heteroatoms. The van der Waals surface area contributed by atoms with Crippen molar-refractivity contribution in [2.45, 2.75) is 20.4 Å². The number of benzene rings is 2. The Kier molecular flexibility index (Phi) is 4.93. The summed E-state index contributed by atoms with van der Waals surface area (Å²) in [4.78, 5) is 0. The number of allylic oxidation sites excluding steroid dienone is 1. The highest BCUT2D eigenvalue weighted by Crippen LogP contribution is 2.19. The summed E-state index contributed by atoms with van der Waals surface area (Å²) >= 11 is 0. The van der Waals surface area contributed by atoms with E-state index in [0.29, 0.717) is 0 Å². The molecule has 0 atom stereocenters. The van der Waals surface area contributed by atoms with Crippen molar-refractivity contribution in [3.63, 3.8) is 0 Å². The minimum atomic E-state index is 0.916. The van der Waals surface area contributed by atoms with Crippen molar-refractivity contribution in [2.75, 3.05) is 6.54 Å². The molecule has 0 aliphatic heterocycles. The fourth-order valence-corrected chi connectivity index (χ4v) is 1.94. The predicted molar refractivity (Wildman–Crippen MR) is 83.0 cm³/mol. The first kappa shape index (κ1) is 13.6. The average Bonchev–Trinajstić information content (AvgIpc) is 2.45. The Bertz CT molecular complexity index is 519. The van der Waals surface area contributed by atoms with Crippen LogP contribution in [0.2, 0.25) is 0 Å². The lowest BCUT2D eigenvalue weighted by atomic mass is 10.0. The summed E-state index contributed by atoms with van der Waals surface area (Å²) in [6.07, 6.45) is 2.21. The molecule has 0 saturated carbocycles. The molecule has 0 radical (unpaired) electrons. The van der Waals surface area contributed by atoms with Gasteiger partial charge >= 0.3 is 0 Å². The van der Waals surface area contributed by atoms with E-state index in [1.165, 1.54) is 22.3 Å². The average molecular weight is 251 g/mol. The van der Waals surface area contributed by atoms with E-state index in [2.05, 4.69) is 73.8 Å². The van der Waals surface area contributed by atoms with E-state index in [1.54, 1.807) is 0 Å². The molecule has 1 nitrogen and oxygen atoms in total. The molecule has 0 unspecified atom stereocenters. The second kappa shape index (κ2) is 6.91. The predicted octanol–water partition coefficient (Wildman–Crippen LogP) is 4.41. The van der Waals surface area contributed by atoms with Gasteiger partial charge in [0.25, 0.3) is 0 Å². The maximum Gasteiger partial charge on any atom is 0.0208 e.